The summed E-state index contributed by atoms with van der Waals surface area (Å²) in [6, 6.07) is 0. The zero-order valence-corrected chi connectivity index (χ0v) is 19.2. The van der Waals surface area contributed by atoms with Crippen molar-refractivity contribution in [3.63, 3.8) is 0 Å². The predicted octanol–water partition coefficient (Wildman–Crippen LogP) is 4.06. The molecule has 0 aromatic heterocycles. The zero-order chi connectivity index (χ0) is 19.1. The number of hydrogen-bond acceptors (Lipinski definition) is 4. The van der Waals surface area contributed by atoms with Crippen molar-refractivity contribution in [2.45, 2.75) is 96.1 Å². The Hall–Kier alpha value is 0.0138. The fraction of sp³-hybridized carbons (Fsp3) is 0.889. The van der Waals surface area contributed by atoms with Gasteiger partial charge in [0, 0.05) is 0 Å². The minimum absolute atomic E-state index is 0.0518. The summed E-state index contributed by atoms with van der Waals surface area (Å²) in [7, 11) is -4.06. The van der Waals surface area contributed by atoms with Crippen molar-refractivity contribution in [3.05, 3.63) is 11.6 Å². The second kappa shape index (κ2) is 6.97. The molecule has 0 fully saturated rings. The first-order chi connectivity index (χ1) is 10.5. The number of hydrogen-bond donors (Lipinski definition) is 2. The number of aliphatic hydroxyl groups is 2. The molecule has 2 N–H and O–H groups in total. The van der Waals surface area contributed by atoms with E-state index in [1.165, 1.54) is 0 Å². The van der Waals surface area contributed by atoms with Crippen molar-refractivity contribution in [3.8, 4) is 0 Å². The first-order valence-electron chi connectivity index (χ1n) is 8.88. The normalized spacial score (nSPS) is 26.7. The molecular weight excluding hydrogens is 336 g/mol. The first-order valence-corrected chi connectivity index (χ1v) is 14.7. The fourth-order valence-corrected chi connectivity index (χ4v) is 4.74. The lowest BCUT2D eigenvalue weighted by Crippen LogP contribution is -2.53. The van der Waals surface area contributed by atoms with Gasteiger partial charge in [0.15, 0.2) is 16.6 Å². The lowest BCUT2D eigenvalue weighted by molar-refractivity contribution is -0.0000572. The molecule has 0 aliphatic heterocycles. The van der Waals surface area contributed by atoms with E-state index in [-0.39, 0.29) is 22.8 Å². The summed E-state index contributed by atoms with van der Waals surface area (Å²) in [5.74, 6) is 0. The maximum Gasteiger partial charge on any atom is 0.193 e. The van der Waals surface area contributed by atoms with Gasteiger partial charge in [-0.25, -0.2) is 0 Å². The summed E-state index contributed by atoms with van der Waals surface area (Å²) in [5, 5.41) is 20.4. The fourth-order valence-electron chi connectivity index (χ4n) is 2.21. The minimum atomic E-state index is -2.06. The molecule has 3 atom stereocenters. The van der Waals surface area contributed by atoms with Crippen molar-refractivity contribution in [1.82, 2.24) is 0 Å². The van der Waals surface area contributed by atoms with Crippen molar-refractivity contribution in [2.75, 3.05) is 6.61 Å². The van der Waals surface area contributed by atoms with Crippen molar-refractivity contribution in [2.24, 2.45) is 0 Å². The maximum absolute atomic E-state index is 10.7. The van der Waals surface area contributed by atoms with Gasteiger partial charge in [-0.2, -0.15) is 0 Å². The molecule has 0 amide bonds. The lowest BCUT2D eigenvalue weighted by Gasteiger charge is -2.43. The van der Waals surface area contributed by atoms with Gasteiger partial charge < -0.3 is 19.1 Å². The predicted molar refractivity (Wildman–Crippen MR) is 105 cm³/mol. The summed E-state index contributed by atoms with van der Waals surface area (Å²) < 4.78 is 13.0. The van der Waals surface area contributed by atoms with E-state index in [0.717, 1.165) is 0 Å². The molecule has 0 bridgehead atoms. The van der Waals surface area contributed by atoms with Crippen LogP contribution in [0.4, 0.5) is 0 Å². The van der Waals surface area contributed by atoms with Crippen molar-refractivity contribution >= 4 is 16.6 Å². The molecule has 4 nitrogen and oxygen atoms in total. The van der Waals surface area contributed by atoms with E-state index in [0.29, 0.717) is 5.57 Å². The van der Waals surface area contributed by atoms with E-state index in [2.05, 4.69) is 67.7 Å². The summed E-state index contributed by atoms with van der Waals surface area (Å²) in [6.07, 6.45) is 0.362. The highest BCUT2D eigenvalue weighted by atomic mass is 28.4. The Bertz CT molecular complexity index is 472. The van der Waals surface area contributed by atoms with Gasteiger partial charge in [0.1, 0.15) is 12.2 Å². The molecule has 0 saturated carbocycles. The molecule has 24 heavy (non-hydrogen) atoms. The second-order valence-electron chi connectivity index (χ2n) is 10.0. The van der Waals surface area contributed by atoms with Crippen LogP contribution in [0.3, 0.4) is 0 Å². The van der Waals surface area contributed by atoms with E-state index in [1.807, 2.05) is 6.08 Å². The molecule has 0 radical (unpaired) electrons. The lowest BCUT2D eigenvalue weighted by atomic mass is 10.1. The van der Waals surface area contributed by atoms with Gasteiger partial charge >= 0.3 is 0 Å². The van der Waals surface area contributed by atoms with E-state index in [4.69, 9.17) is 8.85 Å². The van der Waals surface area contributed by atoms with E-state index >= 15 is 0 Å². The zero-order valence-electron chi connectivity index (χ0n) is 17.2. The molecule has 0 aromatic carbocycles. The minimum Gasteiger partial charge on any atom is -0.408 e. The average Bonchev–Trinajstić information content (AvgIpc) is 2.63. The van der Waals surface area contributed by atoms with Crippen LogP contribution in [-0.4, -0.2) is 51.8 Å². The van der Waals surface area contributed by atoms with Gasteiger partial charge in [-0.3, -0.25) is 0 Å². The highest BCUT2D eigenvalue weighted by molar-refractivity contribution is 6.74. The average molecular weight is 375 g/mol. The monoisotopic (exact) mass is 374 g/mol. The molecule has 1 aliphatic carbocycles. The summed E-state index contributed by atoms with van der Waals surface area (Å²) in [6.45, 7) is 21.8. The largest absolute Gasteiger partial charge is 0.408 e. The Morgan fingerprint density at radius 3 is 1.71 bits per heavy atom. The van der Waals surface area contributed by atoms with E-state index in [9.17, 15) is 10.2 Å². The molecule has 6 heteroatoms. The second-order valence-corrected chi connectivity index (χ2v) is 19.5. The van der Waals surface area contributed by atoms with Gasteiger partial charge in [-0.15, -0.1) is 0 Å². The molecule has 0 spiro atoms. The Kier molecular flexibility index (Phi) is 6.40. The SMILES string of the molecule is CC(C)(C)[Si](C)(C)O[C@@H]1[C@@H](O[Si](C)(C)C(C)(C)C)C=C(CO)[C@H]1O. The molecular formula is C18H38O4Si2. The van der Waals surface area contributed by atoms with Gasteiger partial charge in [-0.1, -0.05) is 47.6 Å². The third-order valence-electron chi connectivity index (χ3n) is 6.05. The van der Waals surface area contributed by atoms with E-state index < -0.39 is 28.8 Å². The van der Waals surface area contributed by atoms with Crippen LogP contribution < -0.4 is 0 Å². The Labute approximate surface area is 150 Å². The van der Waals surface area contributed by atoms with Gasteiger partial charge in [0.25, 0.3) is 0 Å². The van der Waals surface area contributed by atoms with Crippen molar-refractivity contribution in [1.29, 1.82) is 0 Å². The maximum atomic E-state index is 10.7. The van der Waals surface area contributed by atoms with Crippen LogP contribution in [0.2, 0.25) is 36.3 Å². The molecule has 0 heterocycles. The molecule has 0 unspecified atom stereocenters. The first kappa shape index (κ1) is 22.1. The van der Waals surface area contributed by atoms with Gasteiger partial charge in [0.2, 0.25) is 0 Å². The van der Waals surface area contributed by atoms with Crippen LogP contribution in [0, 0.1) is 0 Å². The summed E-state index contributed by atoms with van der Waals surface area (Å²) in [5.41, 5.74) is 0.613. The quantitative estimate of drug-likeness (QED) is 0.563. The van der Waals surface area contributed by atoms with Crippen LogP contribution in [-0.2, 0) is 8.85 Å². The summed E-state index contributed by atoms with van der Waals surface area (Å²) in [4.78, 5) is 0. The van der Waals surface area contributed by atoms with E-state index in [1.54, 1.807) is 0 Å². The van der Waals surface area contributed by atoms with Crippen LogP contribution in [0.25, 0.3) is 0 Å². The molecule has 1 aliphatic rings. The van der Waals surface area contributed by atoms with Crippen LogP contribution >= 0.6 is 0 Å². The topological polar surface area (TPSA) is 58.9 Å². The molecule has 1 rings (SSSR count). The standard InChI is InChI=1S/C18H38O4Si2/c1-17(2,3)23(7,8)21-14-11-13(12-19)15(20)16(14)22-24(9,10)18(4,5)6/h11,14-16,19-20H,12H2,1-10H3/t14-,15+,16+/m0/s1. The van der Waals surface area contributed by atoms with Crippen LogP contribution in [0.15, 0.2) is 11.6 Å². The Morgan fingerprint density at radius 1 is 0.917 bits per heavy atom. The molecule has 0 saturated heterocycles. The van der Waals surface area contributed by atoms with Crippen LogP contribution in [0.5, 0.6) is 0 Å². The molecule has 142 valence electrons. The number of aliphatic hydroxyl groups excluding tert-OH is 2. The highest BCUT2D eigenvalue weighted by Gasteiger charge is 2.48. The third-order valence-corrected chi connectivity index (χ3v) is 15.0. The molecule has 0 aromatic rings. The highest BCUT2D eigenvalue weighted by Crippen LogP contribution is 2.42. The number of rotatable bonds is 5. The van der Waals surface area contributed by atoms with Gasteiger partial charge in [0.05, 0.1) is 12.7 Å². The smallest absolute Gasteiger partial charge is 0.193 e. The Balaban J connectivity index is 3.09. The van der Waals surface area contributed by atoms with Crippen LogP contribution in [0.1, 0.15) is 41.5 Å². The summed E-state index contributed by atoms with van der Waals surface area (Å²) >= 11 is 0. The Morgan fingerprint density at radius 2 is 1.33 bits per heavy atom. The third kappa shape index (κ3) is 4.59. The van der Waals surface area contributed by atoms with Gasteiger partial charge in [-0.05, 0) is 41.8 Å². The van der Waals surface area contributed by atoms with Crippen molar-refractivity contribution < 1.29 is 19.1 Å².